The molecule has 37 nitrogen and oxygen atoms in total. The average molecular weight is 1680 g/mol. The summed E-state index contributed by atoms with van der Waals surface area (Å²) in [6.45, 7) is 5.92. The van der Waals surface area contributed by atoms with Gasteiger partial charge >= 0.3 is 11.4 Å². The van der Waals surface area contributed by atoms with Gasteiger partial charge in [-0.15, -0.1) is 0 Å². The van der Waals surface area contributed by atoms with Crippen LogP contribution in [0.2, 0.25) is 0 Å². The first-order valence-corrected chi connectivity index (χ1v) is 48.5. The summed E-state index contributed by atoms with van der Waals surface area (Å²) in [5.41, 5.74) is 2.44. The Morgan fingerprint density at radius 1 is 0.360 bits per heavy atom. The van der Waals surface area contributed by atoms with E-state index in [0.29, 0.717) is 29.7 Å². The van der Waals surface area contributed by atoms with E-state index in [0.717, 1.165) is 80.3 Å². The van der Waals surface area contributed by atoms with Crippen LogP contribution >= 0.6 is 0 Å². The van der Waals surface area contributed by atoms with Crippen LogP contribution in [0.25, 0.3) is 0 Å². The van der Waals surface area contributed by atoms with Gasteiger partial charge in [0.05, 0.1) is 153 Å². The van der Waals surface area contributed by atoms with Crippen molar-refractivity contribution in [3.05, 3.63) is 95.1 Å². The van der Waals surface area contributed by atoms with Crippen molar-refractivity contribution in [1.82, 2.24) is 0 Å². The molecule has 0 saturated carbocycles. The lowest BCUT2D eigenvalue weighted by atomic mass is 9.97. The maximum absolute atomic E-state index is 11.9. The van der Waals surface area contributed by atoms with Crippen LogP contribution in [-0.4, -0.2) is 243 Å². The molecule has 0 aliphatic heterocycles. The molecule has 0 spiro atoms. The predicted octanol–water partition coefficient (Wildman–Crippen LogP) is 1.07. The first kappa shape index (κ1) is 101. The van der Waals surface area contributed by atoms with Crippen molar-refractivity contribution in [2.75, 3.05) is 142 Å². The zero-order valence-corrected chi connectivity index (χ0v) is 66.7. The highest BCUT2D eigenvalue weighted by molar-refractivity contribution is 7.90. The molecule has 0 aliphatic carbocycles. The van der Waals surface area contributed by atoms with Crippen LogP contribution in [0.15, 0.2) is 77.7 Å². The molecule has 100 heavy (non-hydrogen) atoms. The zero-order chi connectivity index (χ0) is 78.2. The van der Waals surface area contributed by atoms with Gasteiger partial charge < -0.3 is 14.0 Å². The summed E-state index contributed by atoms with van der Waals surface area (Å²) in [6.07, 6.45) is 11.2. The highest BCUT2D eigenvalue weighted by Gasteiger charge is 2.24. The van der Waals surface area contributed by atoms with Crippen LogP contribution in [0.1, 0.15) is 61.8 Å². The molecule has 0 aliphatic rings. The topological polar surface area (TPSA) is 533 Å². The fourth-order valence-electron chi connectivity index (χ4n) is 5.44. The number of rotatable bonds is 42. The normalized spacial score (nSPS) is 13.0. The molecule has 3 aromatic carbocycles. The highest BCUT2D eigenvalue weighted by Crippen LogP contribution is 2.19. The summed E-state index contributed by atoms with van der Waals surface area (Å²) in [6, 6.07) is 19.5. The summed E-state index contributed by atoms with van der Waals surface area (Å²) in [5, 5.41) is 8.61. The van der Waals surface area contributed by atoms with Crippen molar-refractivity contribution in [1.29, 1.82) is 0 Å². The van der Waals surface area contributed by atoms with E-state index in [1.165, 1.54) is 12.1 Å². The van der Waals surface area contributed by atoms with E-state index in [1.54, 1.807) is 62.4 Å². The van der Waals surface area contributed by atoms with Gasteiger partial charge in [-0.25, -0.2) is 8.42 Å². The lowest BCUT2D eigenvalue weighted by molar-refractivity contribution is 0.0799. The number of aryl methyl sites for hydroxylation is 2. The number of aliphatic hydroxyl groups excluding tert-OH is 1. The van der Waals surface area contributed by atoms with Crippen LogP contribution in [0.4, 0.5) is 0 Å². The standard InChI is InChI=1S/C16H18O6S2.C10H14O6S2.C8H18O6S2.C7H16O6S2.C6H14O7S2.C4H10O6S2/c1-13-3-7-15(8-4-13)22-23(17)20-11-12-21-24(18,19)16-9-5-14(2)6-10-16;1-17(12,13)16-6-9-2-4-10(5-3-9)7-18(14,15)8-11;1-15(9,10)13-7-5-3-4-6-8-14-16(2,11)12;1-7(2,5-12-14(3,8)9)6-13-15(4,10)11;1-14(7,8)12-5-3-11-4-6-13-15(2,9)10;1-11(5,6)9-3-4-10-12(2,7)8/h3-10H,11-12H2,1-2H3;2-5,11H,6-8H2,1H3;3-8H2,1-2H3;5-6H2,1-4H3;3-6H2,1-2H3;3-4H2,1-2H3. The molecule has 0 amide bonds. The largest absolute Gasteiger partial charge is 0.380 e. The fourth-order valence-corrected chi connectivity index (χ4v) is 11.4. The molecule has 0 saturated heterocycles. The van der Waals surface area contributed by atoms with E-state index < -0.39 is 134 Å². The predicted molar refractivity (Wildman–Crippen MR) is 365 cm³/mol. The third-order valence-corrected chi connectivity index (χ3v) is 18.1. The third kappa shape index (κ3) is 72.9. The Bertz CT molecular complexity index is 4040. The molecule has 1 N–H and O–H groups in total. The molecule has 0 aromatic heterocycles. The van der Waals surface area contributed by atoms with Gasteiger partial charge in [0, 0.05) is 5.41 Å². The number of benzene rings is 3. The molecule has 0 fully saturated rings. The van der Waals surface area contributed by atoms with Gasteiger partial charge in [0.1, 0.15) is 11.7 Å². The van der Waals surface area contributed by atoms with Crippen molar-refractivity contribution < 1.29 is 157 Å². The van der Waals surface area contributed by atoms with E-state index in [9.17, 15) is 96.8 Å². The summed E-state index contributed by atoms with van der Waals surface area (Å²) >= 11 is -2.03. The first-order chi connectivity index (χ1) is 45.1. The third-order valence-electron chi connectivity index (χ3n) is 9.73. The summed E-state index contributed by atoms with van der Waals surface area (Å²) in [4.78, 5) is 0.0603. The number of sulfone groups is 1. The van der Waals surface area contributed by atoms with Crippen LogP contribution in [-0.2, 0) is 185 Å². The van der Waals surface area contributed by atoms with E-state index in [1.807, 2.05) is 26.0 Å². The minimum atomic E-state index is -3.86. The van der Waals surface area contributed by atoms with Gasteiger partial charge in [0.25, 0.3) is 101 Å². The molecule has 0 heterocycles. The summed E-state index contributed by atoms with van der Waals surface area (Å²) in [5.74, 6) is -0.755. The minimum absolute atomic E-state index is 0.0557. The monoisotopic (exact) mass is 1680 g/mol. The van der Waals surface area contributed by atoms with Crippen molar-refractivity contribution in [3.8, 4) is 5.75 Å². The lowest BCUT2D eigenvalue weighted by Gasteiger charge is -2.22. The number of hydrogen-bond acceptors (Lipinski definition) is 37. The second kappa shape index (κ2) is 47.9. The van der Waals surface area contributed by atoms with E-state index in [-0.39, 0.29) is 96.5 Å². The van der Waals surface area contributed by atoms with Gasteiger partial charge in [-0.1, -0.05) is 86.3 Å². The molecular formula is C51H90O37S12. The fraction of sp³-hybridized carbons (Fsp3) is 0.647. The van der Waals surface area contributed by atoms with Crippen LogP contribution < -0.4 is 4.18 Å². The number of hydrogen-bond donors (Lipinski definition) is 1. The molecule has 3 aromatic rings. The smallest absolute Gasteiger partial charge is 0.360 e. The molecule has 0 radical (unpaired) electrons. The minimum Gasteiger partial charge on any atom is -0.380 e. The van der Waals surface area contributed by atoms with Crippen molar-refractivity contribution >= 4 is 122 Å². The molecule has 0 bridgehead atoms. The molecule has 1 unspecified atom stereocenters. The Morgan fingerprint density at radius 2 is 0.670 bits per heavy atom. The molecule has 3 rings (SSSR count). The quantitative estimate of drug-likeness (QED) is 0.0612. The van der Waals surface area contributed by atoms with Gasteiger partial charge in [-0.2, -0.15) is 88.4 Å². The maximum atomic E-state index is 11.9. The van der Waals surface area contributed by atoms with Gasteiger partial charge in [0.2, 0.25) is 0 Å². The Kier molecular flexibility index (Phi) is 48.2. The van der Waals surface area contributed by atoms with Crippen molar-refractivity contribution in [3.63, 3.8) is 0 Å². The van der Waals surface area contributed by atoms with Gasteiger partial charge in [-0.05, 0) is 62.1 Å². The van der Waals surface area contributed by atoms with Crippen molar-refractivity contribution in [2.24, 2.45) is 5.41 Å². The van der Waals surface area contributed by atoms with E-state index >= 15 is 0 Å². The van der Waals surface area contributed by atoms with Crippen LogP contribution in [0.3, 0.4) is 0 Å². The molecule has 49 heteroatoms. The summed E-state index contributed by atoms with van der Waals surface area (Å²) in [7, 11) is -38.5. The Morgan fingerprint density at radius 3 is 1.01 bits per heavy atom. The van der Waals surface area contributed by atoms with Gasteiger partial charge in [-0.3, -0.25) is 46.0 Å². The highest BCUT2D eigenvalue weighted by atomic mass is 32.3. The first-order valence-electron chi connectivity index (χ1n) is 27.9. The average Bonchev–Trinajstić information content (AvgIpc) is 0.852. The van der Waals surface area contributed by atoms with Gasteiger partial charge in [0.15, 0.2) is 9.84 Å². The SMILES string of the molecule is CC(C)(COS(C)(=O)=O)COS(C)(=O)=O.CS(=O)(=O)OCCCCCCOS(C)(=O)=O.CS(=O)(=O)OCCOCCOS(C)(=O)=O.CS(=O)(=O)OCCOS(C)(=O)=O.CS(=O)(=O)OCc1ccc(CS(=O)(=O)CO)cc1.Cc1ccc(OS(=O)OCCOS(=O)(=O)c2ccc(C)cc2)cc1. The molecular weight excluding hydrogens is 1590 g/mol. The molecule has 1 atom stereocenters. The zero-order valence-electron chi connectivity index (χ0n) is 56.9. The number of aliphatic hydroxyl groups is 1. The van der Waals surface area contributed by atoms with E-state index in [2.05, 4.69) is 37.6 Å². The van der Waals surface area contributed by atoms with Crippen molar-refractivity contribution in [2.45, 2.75) is 70.6 Å². The number of ether oxygens (including phenoxy) is 1. The van der Waals surface area contributed by atoms with Crippen LogP contribution in [0, 0.1) is 19.3 Å². The van der Waals surface area contributed by atoms with E-state index in [4.69, 9.17) is 22.4 Å². The Labute approximate surface area is 593 Å². The number of unbranched alkanes of at least 4 members (excludes halogenated alkanes) is 3. The Balaban J connectivity index is -0.00000115. The van der Waals surface area contributed by atoms with Crippen LogP contribution in [0.5, 0.6) is 5.75 Å². The lowest BCUT2D eigenvalue weighted by Crippen LogP contribution is -2.28. The second-order valence-electron chi connectivity index (χ2n) is 21.1. The second-order valence-corrected chi connectivity index (χ2v) is 40.3. The summed E-state index contributed by atoms with van der Waals surface area (Å²) < 4.78 is 307. The Hall–Kier alpha value is -3.46. The maximum Gasteiger partial charge on any atom is 0.360 e. The molecule has 588 valence electrons.